The van der Waals surface area contributed by atoms with Gasteiger partial charge in [0.1, 0.15) is 22.6 Å². The predicted octanol–water partition coefficient (Wildman–Crippen LogP) is 3.48. The van der Waals surface area contributed by atoms with E-state index in [1.165, 1.54) is 0 Å². The van der Waals surface area contributed by atoms with Crippen LogP contribution in [0.5, 0.6) is 0 Å². The molecule has 0 saturated heterocycles. The lowest BCUT2D eigenvalue weighted by molar-refractivity contribution is 0.506. The fourth-order valence-corrected chi connectivity index (χ4v) is 1.78. The summed E-state index contributed by atoms with van der Waals surface area (Å²) in [4.78, 5) is 10.7. The Morgan fingerprint density at radius 1 is 1.39 bits per heavy atom. The maximum atomic E-state index is 6.02. The molecule has 2 rings (SSSR count). The molecule has 0 saturated carbocycles. The van der Waals surface area contributed by atoms with Crippen molar-refractivity contribution < 1.29 is 4.42 Å². The molecule has 2 aromatic heterocycles. The van der Waals surface area contributed by atoms with Gasteiger partial charge in [-0.2, -0.15) is 0 Å². The maximum absolute atomic E-state index is 6.02. The van der Waals surface area contributed by atoms with E-state index in [0.717, 1.165) is 17.4 Å². The summed E-state index contributed by atoms with van der Waals surface area (Å²) in [5.74, 6) is 2.69. The van der Waals surface area contributed by atoms with Crippen LogP contribution in [0.4, 0.5) is 5.82 Å². The third-order valence-corrected chi connectivity index (χ3v) is 2.77. The average Bonchev–Trinajstić information content (AvgIpc) is 2.80. The highest BCUT2D eigenvalue weighted by atomic mass is 35.5. The summed E-state index contributed by atoms with van der Waals surface area (Å²) >= 11 is 6.02. The fraction of sp³-hybridized carbons (Fsp3) is 0.385. The number of hydrogen-bond acceptors (Lipinski definition) is 4. The van der Waals surface area contributed by atoms with Crippen LogP contribution < -0.4 is 4.90 Å². The van der Waals surface area contributed by atoms with E-state index >= 15 is 0 Å². The number of nitrogens with zero attached hydrogens (tertiary/aromatic N) is 3. The van der Waals surface area contributed by atoms with Crippen LogP contribution in [0, 0.1) is 0 Å². The molecule has 5 heteroatoms. The zero-order chi connectivity index (χ0) is 13.1. The minimum atomic E-state index is 0.250. The molecule has 2 aromatic rings. The van der Waals surface area contributed by atoms with Gasteiger partial charge in [-0.1, -0.05) is 25.4 Å². The Bertz CT molecular complexity index is 511. The van der Waals surface area contributed by atoms with Gasteiger partial charge in [0.05, 0.1) is 12.8 Å². The molecule has 2 heterocycles. The van der Waals surface area contributed by atoms with Crippen molar-refractivity contribution in [3.63, 3.8) is 0 Å². The molecule has 0 spiro atoms. The number of hydrogen-bond donors (Lipinski definition) is 0. The van der Waals surface area contributed by atoms with E-state index in [1.807, 2.05) is 37.9 Å². The van der Waals surface area contributed by atoms with Crippen LogP contribution in [0.3, 0.4) is 0 Å². The minimum absolute atomic E-state index is 0.250. The van der Waals surface area contributed by atoms with Crippen LogP contribution in [-0.2, 0) is 6.54 Å². The highest BCUT2D eigenvalue weighted by Gasteiger charge is 2.11. The van der Waals surface area contributed by atoms with Crippen molar-refractivity contribution in [1.29, 1.82) is 0 Å². The van der Waals surface area contributed by atoms with Crippen molar-refractivity contribution in [2.45, 2.75) is 26.3 Å². The Morgan fingerprint density at radius 2 is 2.17 bits per heavy atom. The van der Waals surface area contributed by atoms with Crippen LogP contribution in [0.1, 0.15) is 31.4 Å². The Labute approximate surface area is 112 Å². The van der Waals surface area contributed by atoms with Gasteiger partial charge in [-0.05, 0) is 12.1 Å². The standard InChI is InChI=1S/C13H16ClN3O/c1-9(2)13-15-11(14)7-12(16-13)17(3)8-10-5-4-6-18-10/h4-7,9H,8H2,1-3H3. The van der Waals surface area contributed by atoms with Crippen molar-refractivity contribution in [2.24, 2.45) is 0 Å². The third-order valence-electron chi connectivity index (χ3n) is 2.58. The summed E-state index contributed by atoms with van der Waals surface area (Å²) < 4.78 is 5.32. The van der Waals surface area contributed by atoms with Crippen LogP contribution in [0.2, 0.25) is 5.15 Å². The molecular weight excluding hydrogens is 250 g/mol. The van der Waals surface area contributed by atoms with Gasteiger partial charge in [0, 0.05) is 19.0 Å². The van der Waals surface area contributed by atoms with Gasteiger partial charge < -0.3 is 9.32 Å². The van der Waals surface area contributed by atoms with Crippen molar-refractivity contribution in [2.75, 3.05) is 11.9 Å². The molecule has 96 valence electrons. The van der Waals surface area contributed by atoms with Crippen molar-refractivity contribution in [3.8, 4) is 0 Å². The van der Waals surface area contributed by atoms with Gasteiger partial charge in [0.2, 0.25) is 0 Å². The molecular formula is C13H16ClN3O. The largest absolute Gasteiger partial charge is 0.467 e. The molecule has 0 aliphatic carbocycles. The highest BCUT2D eigenvalue weighted by molar-refractivity contribution is 6.29. The maximum Gasteiger partial charge on any atom is 0.135 e. The molecule has 0 bridgehead atoms. The third kappa shape index (κ3) is 3.01. The van der Waals surface area contributed by atoms with Crippen LogP contribution in [0.25, 0.3) is 0 Å². The zero-order valence-corrected chi connectivity index (χ0v) is 11.5. The smallest absolute Gasteiger partial charge is 0.135 e. The number of furan rings is 1. The number of anilines is 1. The second-order valence-electron chi connectivity index (χ2n) is 4.50. The molecule has 0 amide bonds. The van der Waals surface area contributed by atoms with E-state index in [0.29, 0.717) is 11.7 Å². The van der Waals surface area contributed by atoms with Crippen LogP contribution in [0.15, 0.2) is 28.9 Å². The summed E-state index contributed by atoms with van der Waals surface area (Å²) in [6, 6.07) is 5.56. The van der Waals surface area contributed by atoms with Crippen molar-refractivity contribution in [3.05, 3.63) is 41.2 Å². The van der Waals surface area contributed by atoms with E-state index in [1.54, 1.807) is 12.3 Å². The van der Waals surface area contributed by atoms with Gasteiger partial charge >= 0.3 is 0 Å². The lowest BCUT2D eigenvalue weighted by atomic mass is 10.2. The topological polar surface area (TPSA) is 42.2 Å². The monoisotopic (exact) mass is 265 g/mol. The number of halogens is 1. The summed E-state index contributed by atoms with van der Waals surface area (Å²) in [5, 5.41) is 0.468. The minimum Gasteiger partial charge on any atom is -0.467 e. The first-order chi connectivity index (χ1) is 8.56. The zero-order valence-electron chi connectivity index (χ0n) is 10.7. The second kappa shape index (κ2) is 5.40. The Hall–Kier alpha value is -1.55. The SMILES string of the molecule is CC(C)c1nc(Cl)cc(N(C)Cc2ccco2)n1. The highest BCUT2D eigenvalue weighted by Crippen LogP contribution is 2.20. The molecule has 0 aliphatic heterocycles. The van der Waals surface area contributed by atoms with Crippen molar-refractivity contribution in [1.82, 2.24) is 9.97 Å². The van der Waals surface area contributed by atoms with Gasteiger partial charge in [0.15, 0.2) is 0 Å². The molecule has 0 unspecified atom stereocenters. The van der Waals surface area contributed by atoms with Gasteiger partial charge in [-0.25, -0.2) is 9.97 Å². The predicted molar refractivity (Wildman–Crippen MR) is 71.9 cm³/mol. The Morgan fingerprint density at radius 3 is 2.78 bits per heavy atom. The van der Waals surface area contributed by atoms with Crippen LogP contribution in [-0.4, -0.2) is 17.0 Å². The normalized spacial score (nSPS) is 10.9. The molecule has 0 aromatic carbocycles. The summed E-state index contributed by atoms with van der Waals surface area (Å²) in [7, 11) is 1.95. The Kier molecular flexibility index (Phi) is 3.87. The molecule has 0 aliphatic rings. The molecule has 0 atom stereocenters. The number of rotatable bonds is 4. The summed E-state index contributed by atoms with van der Waals surface area (Å²) in [5.41, 5.74) is 0. The van der Waals surface area contributed by atoms with Crippen LogP contribution >= 0.6 is 11.6 Å². The molecule has 0 N–H and O–H groups in total. The first-order valence-corrected chi connectivity index (χ1v) is 6.22. The van der Waals surface area contributed by atoms with E-state index in [4.69, 9.17) is 16.0 Å². The molecule has 0 fully saturated rings. The van der Waals surface area contributed by atoms with Crippen molar-refractivity contribution >= 4 is 17.4 Å². The quantitative estimate of drug-likeness (QED) is 0.794. The second-order valence-corrected chi connectivity index (χ2v) is 4.88. The van der Waals surface area contributed by atoms with Gasteiger partial charge in [-0.3, -0.25) is 0 Å². The van der Waals surface area contributed by atoms with E-state index in [9.17, 15) is 0 Å². The summed E-state index contributed by atoms with van der Waals surface area (Å²) in [6.45, 7) is 4.74. The first-order valence-electron chi connectivity index (χ1n) is 5.84. The van der Waals surface area contributed by atoms with E-state index < -0.39 is 0 Å². The molecule has 18 heavy (non-hydrogen) atoms. The van der Waals surface area contributed by atoms with Gasteiger partial charge in [-0.15, -0.1) is 0 Å². The Balaban J connectivity index is 2.21. The lowest BCUT2D eigenvalue weighted by Crippen LogP contribution is -2.18. The number of aromatic nitrogens is 2. The first kappa shape index (κ1) is 12.9. The molecule has 0 radical (unpaired) electrons. The van der Waals surface area contributed by atoms with E-state index in [-0.39, 0.29) is 5.92 Å². The van der Waals surface area contributed by atoms with E-state index in [2.05, 4.69) is 9.97 Å². The fourth-order valence-electron chi connectivity index (χ4n) is 1.59. The average molecular weight is 266 g/mol. The summed E-state index contributed by atoms with van der Waals surface area (Å²) in [6.07, 6.45) is 1.66. The lowest BCUT2D eigenvalue weighted by Gasteiger charge is -2.18. The molecule has 4 nitrogen and oxygen atoms in total. The van der Waals surface area contributed by atoms with Gasteiger partial charge in [0.25, 0.3) is 0 Å².